The zero-order valence-corrected chi connectivity index (χ0v) is 23.2. The first-order chi connectivity index (χ1) is 20.4. The van der Waals surface area contributed by atoms with E-state index in [1.807, 2.05) is 78.9 Å². The van der Waals surface area contributed by atoms with Gasteiger partial charge in [0.1, 0.15) is 12.6 Å². The number of carboxylic acids is 1. The van der Waals surface area contributed by atoms with Crippen molar-refractivity contribution in [2.24, 2.45) is 0 Å². The largest absolute Gasteiger partial charge is 0.480 e. The molecule has 0 aliphatic heterocycles. The SMILES string of the molecule is CC(OCc1ccccc1)C(NC(=O)C(Cc1ccc[nH]1)NC(=O)OCC1c2ccccc2-c2ccccc21)C(=O)O. The number of hydrogen-bond donors (Lipinski definition) is 4. The van der Waals surface area contributed by atoms with Crippen LogP contribution in [-0.2, 0) is 32.1 Å². The highest BCUT2D eigenvalue weighted by atomic mass is 16.5. The van der Waals surface area contributed by atoms with E-state index in [1.165, 1.54) is 0 Å². The minimum Gasteiger partial charge on any atom is -0.480 e. The zero-order chi connectivity index (χ0) is 29.5. The highest BCUT2D eigenvalue weighted by Crippen LogP contribution is 2.44. The summed E-state index contributed by atoms with van der Waals surface area (Å²) in [4.78, 5) is 41.5. The van der Waals surface area contributed by atoms with Crippen LogP contribution in [0.4, 0.5) is 4.79 Å². The zero-order valence-electron chi connectivity index (χ0n) is 23.2. The standard InChI is InChI=1S/C33H33N3O6/c1-21(41-19-22-10-3-2-4-11-22)30(32(38)39)36-31(37)29(18-23-12-9-17-34-23)35-33(40)42-20-28-26-15-7-5-13-24(26)25-14-6-8-16-27(25)28/h2-17,21,28-30,34H,18-20H2,1H3,(H,35,40)(H,36,37)(H,38,39). The fraction of sp³-hybridized carbons (Fsp3) is 0.242. The summed E-state index contributed by atoms with van der Waals surface area (Å²) in [6.45, 7) is 1.85. The van der Waals surface area contributed by atoms with Gasteiger partial charge in [-0.1, -0.05) is 78.9 Å². The molecule has 4 aromatic rings. The average Bonchev–Trinajstić information content (AvgIpc) is 3.63. The third kappa shape index (κ3) is 6.70. The molecule has 1 heterocycles. The second-order valence-corrected chi connectivity index (χ2v) is 10.2. The molecule has 0 spiro atoms. The van der Waals surface area contributed by atoms with Crippen LogP contribution in [0.25, 0.3) is 11.1 Å². The number of nitrogens with one attached hydrogen (secondary N) is 3. The van der Waals surface area contributed by atoms with Crippen LogP contribution in [0.5, 0.6) is 0 Å². The number of ether oxygens (including phenoxy) is 2. The topological polar surface area (TPSA) is 130 Å². The summed E-state index contributed by atoms with van der Waals surface area (Å²) in [5.41, 5.74) is 5.92. The van der Waals surface area contributed by atoms with Gasteiger partial charge in [0.2, 0.25) is 5.91 Å². The summed E-state index contributed by atoms with van der Waals surface area (Å²) < 4.78 is 11.4. The Morgan fingerprint density at radius 3 is 2.12 bits per heavy atom. The first-order valence-corrected chi connectivity index (χ1v) is 13.8. The molecule has 4 N–H and O–H groups in total. The van der Waals surface area contributed by atoms with Crippen LogP contribution >= 0.6 is 0 Å². The Morgan fingerprint density at radius 2 is 1.50 bits per heavy atom. The third-order valence-electron chi connectivity index (χ3n) is 7.43. The van der Waals surface area contributed by atoms with E-state index in [0.717, 1.165) is 27.8 Å². The number of hydrogen-bond acceptors (Lipinski definition) is 5. The smallest absolute Gasteiger partial charge is 0.407 e. The van der Waals surface area contributed by atoms with Crippen molar-refractivity contribution < 1.29 is 29.0 Å². The molecule has 3 atom stereocenters. The van der Waals surface area contributed by atoms with Gasteiger partial charge in [-0.15, -0.1) is 0 Å². The number of benzene rings is 3. The van der Waals surface area contributed by atoms with Gasteiger partial charge in [-0.25, -0.2) is 9.59 Å². The summed E-state index contributed by atoms with van der Waals surface area (Å²) in [7, 11) is 0. The molecule has 1 aliphatic carbocycles. The number of carbonyl (C=O) groups is 3. The van der Waals surface area contributed by atoms with Crippen LogP contribution in [0.2, 0.25) is 0 Å². The molecule has 3 unspecified atom stereocenters. The highest BCUT2D eigenvalue weighted by molar-refractivity contribution is 5.89. The molecule has 0 radical (unpaired) electrons. The lowest BCUT2D eigenvalue weighted by Gasteiger charge is -2.25. The number of carbonyl (C=O) groups excluding carboxylic acids is 2. The van der Waals surface area contributed by atoms with Crippen LogP contribution in [-0.4, -0.2) is 52.9 Å². The normalized spacial score (nSPS) is 14.2. The Hall–Kier alpha value is -4.89. The van der Waals surface area contributed by atoms with E-state index in [0.29, 0.717) is 5.69 Å². The van der Waals surface area contributed by atoms with Crippen molar-refractivity contribution in [1.29, 1.82) is 0 Å². The van der Waals surface area contributed by atoms with E-state index in [-0.39, 0.29) is 25.6 Å². The number of amides is 2. The number of fused-ring (bicyclic) bond motifs is 3. The monoisotopic (exact) mass is 567 g/mol. The maximum atomic E-state index is 13.4. The maximum absolute atomic E-state index is 13.4. The third-order valence-corrected chi connectivity index (χ3v) is 7.43. The predicted molar refractivity (Wildman–Crippen MR) is 157 cm³/mol. The second-order valence-electron chi connectivity index (χ2n) is 10.2. The summed E-state index contributed by atoms with van der Waals surface area (Å²) in [5.74, 6) is -2.05. The molecule has 216 valence electrons. The molecule has 9 heteroatoms. The van der Waals surface area contributed by atoms with Gasteiger partial charge in [-0.3, -0.25) is 4.79 Å². The molecule has 2 amide bonds. The fourth-order valence-corrected chi connectivity index (χ4v) is 5.24. The summed E-state index contributed by atoms with van der Waals surface area (Å²) in [6.07, 6.45) is 0.197. The number of H-pyrrole nitrogens is 1. The molecule has 42 heavy (non-hydrogen) atoms. The van der Waals surface area contributed by atoms with Gasteiger partial charge >= 0.3 is 12.1 Å². The van der Waals surface area contributed by atoms with Crippen molar-refractivity contribution in [3.63, 3.8) is 0 Å². The number of rotatable bonds is 12. The highest BCUT2D eigenvalue weighted by Gasteiger charge is 2.33. The van der Waals surface area contributed by atoms with E-state index >= 15 is 0 Å². The summed E-state index contributed by atoms with van der Waals surface area (Å²) >= 11 is 0. The van der Waals surface area contributed by atoms with Gasteiger partial charge < -0.3 is 30.2 Å². The lowest BCUT2D eigenvalue weighted by atomic mass is 9.98. The number of aromatic amines is 1. The second kappa shape index (κ2) is 13.2. The molecular formula is C33H33N3O6. The van der Waals surface area contributed by atoms with Crippen molar-refractivity contribution in [3.8, 4) is 11.1 Å². The van der Waals surface area contributed by atoms with Crippen LogP contribution < -0.4 is 10.6 Å². The number of alkyl carbamates (subject to hydrolysis) is 1. The molecule has 3 aromatic carbocycles. The Balaban J connectivity index is 1.24. The van der Waals surface area contributed by atoms with Crippen LogP contribution in [0.1, 0.15) is 35.2 Å². The van der Waals surface area contributed by atoms with E-state index in [4.69, 9.17) is 9.47 Å². The van der Waals surface area contributed by atoms with Gasteiger partial charge in [-0.05, 0) is 46.9 Å². The Labute approximate surface area is 243 Å². The quantitative estimate of drug-likeness (QED) is 0.197. The average molecular weight is 568 g/mol. The first kappa shape index (κ1) is 28.6. The Bertz CT molecular complexity index is 1480. The van der Waals surface area contributed by atoms with E-state index in [9.17, 15) is 19.5 Å². The summed E-state index contributed by atoms with van der Waals surface area (Å²) in [6, 6.07) is 26.5. The fourth-order valence-electron chi connectivity index (χ4n) is 5.24. The molecule has 5 rings (SSSR count). The maximum Gasteiger partial charge on any atom is 0.407 e. The van der Waals surface area contributed by atoms with E-state index < -0.39 is 36.2 Å². The molecule has 1 aliphatic rings. The molecular weight excluding hydrogens is 534 g/mol. The minimum atomic E-state index is -1.34. The Kier molecular flexibility index (Phi) is 8.99. The number of aromatic nitrogens is 1. The van der Waals surface area contributed by atoms with Crippen molar-refractivity contribution in [3.05, 3.63) is 120 Å². The molecule has 9 nitrogen and oxygen atoms in total. The first-order valence-electron chi connectivity index (χ1n) is 13.8. The van der Waals surface area contributed by atoms with Gasteiger partial charge in [0.25, 0.3) is 0 Å². The van der Waals surface area contributed by atoms with Crippen molar-refractivity contribution in [2.45, 2.75) is 44.1 Å². The molecule has 0 fully saturated rings. The lowest BCUT2D eigenvalue weighted by Crippen LogP contribution is -2.55. The molecule has 0 saturated carbocycles. The molecule has 0 saturated heterocycles. The van der Waals surface area contributed by atoms with Crippen LogP contribution in [0.3, 0.4) is 0 Å². The van der Waals surface area contributed by atoms with Crippen LogP contribution in [0, 0.1) is 0 Å². The number of carboxylic acid groups (broad SMARTS) is 1. The van der Waals surface area contributed by atoms with Crippen molar-refractivity contribution >= 4 is 18.0 Å². The predicted octanol–water partition coefficient (Wildman–Crippen LogP) is 4.64. The van der Waals surface area contributed by atoms with Crippen molar-refractivity contribution in [1.82, 2.24) is 15.6 Å². The van der Waals surface area contributed by atoms with E-state index in [1.54, 1.807) is 25.3 Å². The van der Waals surface area contributed by atoms with Gasteiger partial charge in [0, 0.05) is 24.2 Å². The van der Waals surface area contributed by atoms with Crippen molar-refractivity contribution in [2.75, 3.05) is 6.61 Å². The van der Waals surface area contributed by atoms with Gasteiger partial charge in [-0.2, -0.15) is 0 Å². The number of aliphatic carboxylic acids is 1. The van der Waals surface area contributed by atoms with Gasteiger partial charge in [0.15, 0.2) is 6.04 Å². The van der Waals surface area contributed by atoms with Gasteiger partial charge in [0.05, 0.1) is 12.7 Å². The molecule has 1 aromatic heterocycles. The van der Waals surface area contributed by atoms with E-state index in [2.05, 4.69) is 15.6 Å². The van der Waals surface area contributed by atoms with Crippen LogP contribution in [0.15, 0.2) is 97.2 Å². The molecule has 0 bridgehead atoms. The Morgan fingerprint density at radius 1 is 0.857 bits per heavy atom. The lowest BCUT2D eigenvalue weighted by molar-refractivity contribution is -0.146. The minimum absolute atomic E-state index is 0.0822. The summed E-state index contributed by atoms with van der Waals surface area (Å²) in [5, 5.41) is 15.0.